The molecule has 2 aromatic heterocycles. The molecule has 1 amide bonds. The van der Waals surface area contributed by atoms with Crippen LogP contribution >= 0.6 is 0 Å². The number of nitrogens with zero attached hydrogens (tertiary/aromatic N) is 7. The van der Waals surface area contributed by atoms with Crippen LogP contribution in [-0.2, 0) is 14.3 Å². The van der Waals surface area contributed by atoms with Crippen LogP contribution in [0, 0.1) is 0 Å². The van der Waals surface area contributed by atoms with Gasteiger partial charge in [0.25, 0.3) is 0 Å². The molecule has 2 aliphatic rings. The molecule has 2 atom stereocenters. The number of carbonyl (C=O) groups excluding carboxylic acids is 1. The zero-order valence-electron chi connectivity index (χ0n) is 19.8. The number of morpholine rings is 2. The van der Waals surface area contributed by atoms with Gasteiger partial charge in [-0.15, -0.1) is 0 Å². The van der Waals surface area contributed by atoms with E-state index < -0.39 is 0 Å². The number of benzene rings is 1. The van der Waals surface area contributed by atoms with Crippen molar-refractivity contribution in [3.8, 4) is 5.95 Å². The maximum Gasteiger partial charge on any atom is 0.243 e. The van der Waals surface area contributed by atoms with Gasteiger partial charge < -0.3 is 19.3 Å². The maximum absolute atomic E-state index is 12.3. The molecule has 34 heavy (non-hydrogen) atoms. The summed E-state index contributed by atoms with van der Waals surface area (Å²) in [6, 6.07) is 7.80. The Morgan fingerprint density at radius 1 is 1.00 bits per heavy atom. The smallest absolute Gasteiger partial charge is 0.243 e. The summed E-state index contributed by atoms with van der Waals surface area (Å²) in [7, 11) is 0. The molecule has 5 rings (SSSR count). The lowest BCUT2D eigenvalue weighted by atomic mass is 10.1. The van der Waals surface area contributed by atoms with Gasteiger partial charge in [0.1, 0.15) is 0 Å². The average Bonchev–Trinajstić information content (AvgIpc) is 3.23. The number of para-hydroxylation sites is 2. The number of amides is 1. The number of imidazole rings is 1. The summed E-state index contributed by atoms with van der Waals surface area (Å²) in [4.78, 5) is 35.8. The Balaban J connectivity index is 1.67. The van der Waals surface area contributed by atoms with Crippen LogP contribution in [-0.4, -0.2) is 82.0 Å². The van der Waals surface area contributed by atoms with E-state index in [0.29, 0.717) is 69.7 Å². The standard InChI is InChI=1S/C23H30N8O3/c1-4-19(32)25-22-24-17-7-5-6-8-18(17)31(22)23-27-20(29-9-12-33-13-10-29)26-21(28-23)30-11-14-34-16(3)15(30)2/h5-8,15-16H,4,9-14H2,1-3H3,(H,24,25,32)/t15-,16-/m1/s1. The second-order valence-corrected chi connectivity index (χ2v) is 8.51. The summed E-state index contributed by atoms with van der Waals surface area (Å²) in [6.07, 6.45) is 0.391. The Hall–Kier alpha value is -3.31. The summed E-state index contributed by atoms with van der Waals surface area (Å²) in [5.41, 5.74) is 1.56. The minimum absolute atomic E-state index is 0.0503. The van der Waals surface area contributed by atoms with Crippen LogP contribution in [0.3, 0.4) is 0 Å². The van der Waals surface area contributed by atoms with Gasteiger partial charge in [0.05, 0.1) is 43.0 Å². The lowest BCUT2D eigenvalue weighted by Crippen LogP contribution is -2.49. The van der Waals surface area contributed by atoms with Crippen LogP contribution < -0.4 is 15.1 Å². The quantitative estimate of drug-likeness (QED) is 0.604. The highest BCUT2D eigenvalue weighted by Gasteiger charge is 2.30. The Labute approximate surface area is 198 Å². The van der Waals surface area contributed by atoms with Crippen LogP contribution in [0.1, 0.15) is 27.2 Å². The third-order valence-electron chi connectivity index (χ3n) is 6.37. The largest absolute Gasteiger partial charge is 0.378 e. The van der Waals surface area contributed by atoms with E-state index in [1.165, 1.54) is 0 Å². The van der Waals surface area contributed by atoms with Crippen molar-refractivity contribution in [2.45, 2.75) is 39.3 Å². The maximum atomic E-state index is 12.3. The van der Waals surface area contributed by atoms with Crippen molar-refractivity contribution in [3.05, 3.63) is 24.3 Å². The Bertz CT molecular complexity index is 1180. The van der Waals surface area contributed by atoms with E-state index in [-0.39, 0.29) is 18.1 Å². The zero-order valence-corrected chi connectivity index (χ0v) is 19.8. The summed E-state index contributed by atoms with van der Waals surface area (Å²) >= 11 is 0. The predicted octanol–water partition coefficient (Wildman–Crippen LogP) is 2.01. The molecule has 11 nitrogen and oxygen atoms in total. The van der Waals surface area contributed by atoms with E-state index in [9.17, 15) is 4.79 Å². The normalized spacial score (nSPS) is 21.1. The monoisotopic (exact) mass is 466 g/mol. The fourth-order valence-electron chi connectivity index (χ4n) is 4.22. The third kappa shape index (κ3) is 4.28. The molecular weight excluding hydrogens is 436 g/mol. The van der Waals surface area contributed by atoms with Crippen molar-refractivity contribution >= 4 is 34.8 Å². The molecule has 2 aliphatic heterocycles. The summed E-state index contributed by atoms with van der Waals surface area (Å²) in [6.45, 7) is 9.89. The second kappa shape index (κ2) is 9.51. The molecule has 0 radical (unpaired) electrons. The summed E-state index contributed by atoms with van der Waals surface area (Å²) < 4.78 is 13.2. The minimum Gasteiger partial charge on any atom is -0.378 e. The first-order valence-corrected chi connectivity index (χ1v) is 11.8. The van der Waals surface area contributed by atoms with Crippen LogP contribution in [0.15, 0.2) is 24.3 Å². The van der Waals surface area contributed by atoms with Gasteiger partial charge in [-0.05, 0) is 26.0 Å². The van der Waals surface area contributed by atoms with E-state index >= 15 is 0 Å². The van der Waals surface area contributed by atoms with Gasteiger partial charge in [-0.3, -0.25) is 10.1 Å². The lowest BCUT2D eigenvalue weighted by Gasteiger charge is -2.38. The van der Waals surface area contributed by atoms with Crippen molar-refractivity contribution in [1.29, 1.82) is 0 Å². The van der Waals surface area contributed by atoms with Crippen LogP contribution in [0.25, 0.3) is 17.0 Å². The Morgan fingerprint density at radius 3 is 2.53 bits per heavy atom. The first-order valence-electron chi connectivity index (χ1n) is 11.8. The fraction of sp³-hybridized carbons (Fsp3) is 0.522. The van der Waals surface area contributed by atoms with Gasteiger partial charge >= 0.3 is 0 Å². The molecule has 1 N–H and O–H groups in total. The Morgan fingerprint density at radius 2 is 1.74 bits per heavy atom. The van der Waals surface area contributed by atoms with E-state index in [2.05, 4.69) is 33.9 Å². The number of ether oxygens (including phenoxy) is 2. The summed E-state index contributed by atoms with van der Waals surface area (Å²) in [5, 5.41) is 2.91. The molecule has 0 unspecified atom stereocenters. The first-order chi connectivity index (χ1) is 16.5. The summed E-state index contributed by atoms with van der Waals surface area (Å²) in [5.74, 6) is 1.84. The molecule has 3 aromatic rings. The van der Waals surface area contributed by atoms with E-state index in [1.54, 1.807) is 11.5 Å². The molecule has 1 aromatic carbocycles. The van der Waals surface area contributed by atoms with Gasteiger partial charge in [-0.2, -0.15) is 15.0 Å². The van der Waals surface area contributed by atoms with Gasteiger partial charge in [0.2, 0.25) is 29.7 Å². The molecule has 0 spiro atoms. The molecule has 0 aliphatic carbocycles. The van der Waals surface area contributed by atoms with Gasteiger partial charge in [0.15, 0.2) is 0 Å². The van der Waals surface area contributed by atoms with E-state index in [4.69, 9.17) is 24.4 Å². The second-order valence-electron chi connectivity index (χ2n) is 8.51. The first kappa shape index (κ1) is 22.5. The van der Waals surface area contributed by atoms with Crippen LogP contribution in [0.5, 0.6) is 0 Å². The molecule has 11 heteroatoms. The van der Waals surface area contributed by atoms with Crippen molar-refractivity contribution in [1.82, 2.24) is 24.5 Å². The van der Waals surface area contributed by atoms with Crippen LogP contribution in [0.2, 0.25) is 0 Å². The van der Waals surface area contributed by atoms with Gasteiger partial charge in [0, 0.05) is 26.1 Å². The van der Waals surface area contributed by atoms with Gasteiger partial charge in [-0.1, -0.05) is 19.1 Å². The molecule has 4 heterocycles. The number of fused-ring (bicyclic) bond motifs is 1. The third-order valence-corrected chi connectivity index (χ3v) is 6.37. The zero-order chi connectivity index (χ0) is 23.7. The van der Waals surface area contributed by atoms with Crippen molar-refractivity contribution in [2.24, 2.45) is 0 Å². The number of rotatable bonds is 5. The minimum atomic E-state index is -0.130. The SMILES string of the molecule is CCC(=O)Nc1nc2ccccc2n1-c1nc(N2CCOCC2)nc(N2CCO[C@H](C)[C@H]2C)n1. The average molecular weight is 467 g/mol. The highest BCUT2D eigenvalue weighted by atomic mass is 16.5. The fourth-order valence-corrected chi connectivity index (χ4v) is 4.22. The van der Waals surface area contributed by atoms with Crippen molar-refractivity contribution in [2.75, 3.05) is 54.6 Å². The van der Waals surface area contributed by atoms with E-state index in [0.717, 1.165) is 11.0 Å². The lowest BCUT2D eigenvalue weighted by molar-refractivity contribution is -0.115. The topological polar surface area (TPSA) is 111 Å². The molecule has 2 saturated heterocycles. The molecule has 180 valence electrons. The Kier molecular flexibility index (Phi) is 6.29. The van der Waals surface area contributed by atoms with Crippen molar-refractivity contribution in [3.63, 3.8) is 0 Å². The molecule has 0 saturated carbocycles. The number of hydrogen-bond donors (Lipinski definition) is 1. The number of carbonyl (C=O) groups is 1. The van der Waals surface area contributed by atoms with Gasteiger partial charge in [-0.25, -0.2) is 9.55 Å². The molecular formula is C23H30N8O3. The highest BCUT2D eigenvalue weighted by Crippen LogP contribution is 2.27. The number of nitrogens with one attached hydrogen (secondary N) is 1. The van der Waals surface area contributed by atoms with Crippen molar-refractivity contribution < 1.29 is 14.3 Å². The number of hydrogen-bond acceptors (Lipinski definition) is 9. The number of aromatic nitrogens is 5. The molecule has 2 fully saturated rings. The number of anilines is 3. The van der Waals surface area contributed by atoms with Crippen LogP contribution in [0.4, 0.5) is 17.8 Å². The van der Waals surface area contributed by atoms with E-state index in [1.807, 2.05) is 24.3 Å². The molecule has 0 bridgehead atoms. The highest BCUT2D eigenvalue weighted by molar-refractivity contribution is 5.92. The predicted molar refractivity (Wildman–Crippen MR) is 129 cm³/mol.